The van der Waals surface area contributed by atoms with Crippen molar-refractivity contribution in [1.29, 1.82) is 0 Å². The number of phenols is 1. The number of carbonyl (C=O) groups excluding carboxylic acids is 4. The summed E-state index contributed by atoms with van der Waals surface area (Å²) in [6.07, 6.45) is -5.37. The number of aliphatic hydroxyl groups is 3. The van der Waals surface area contributed by atoms with E-state index in [-0.39, 0.29) is 41.9 Å². The van der Waals surface area contributed by atoms with Crippen LogP contribution in [0.4, 0.5) is 13.2 Å². The first-order valence-electron chi connectivity index (χ1n) is 15.3. The van der Waals surface area contributed by atoms with E-state index >= 15 is 0 Å². The molecule has 4 atom stereocenters. The lowest BCUT2D eigenvalue weighted by Gasteiger charge is -2.59. The number of phenolic OH excluding ortho intramolecular Hbond substituents is 1. The number of ketones is 2. The molecule has 2 amide bonds. The average molecular weight is 688 g/mol. The number of rotatable bonds is 7. The van der Waals surface area contributed by atoms with Gasteiger partial charge in [0.2, 0.25) is 5.78 Å². The number of alkyl halides is 3. The van der Waals surface area contributed by atoms with Gasteiger partial charge in [0.15, 0.2) is 11.4 Å². The number of hydrogen-bond acceptors (Lipinski definition) is 10. The molecule has 3 aliphatic rings. The Balaban J connectivity index is 1.71. The largest absolute Gasteiger partial charge is 0.508 e. The SMILES string of the molecule is CCOc1ccc(-c2ccc(O)c3c2C[C@@]2(C)C[C@@]4(C)[C@H](N(C)C)C(=O)C(C(N)=O)=C(O)[C@@]4(O)C(=O)C2=C3O)cc1CNC(=O)C(F)(F)F. The van der Waals surface area contributed by atoms with Crippen LogP contribution in [0.25, 0.3) is 16.9 Å². The molecule has 49 heavy (non-hydrogen) atoms. The topological polar surface area (TPSA) is 200 Å². The van der Waals surface area contributed by atoms with Gasteiger partial charge in [0.1, 0.15) is 28.6 Å². The molecule has 2 aromatic carbocycles. The van der Waals surface area contributed by atoms with Crippen LogP contribution in [0.15, 0.2) is 47.2 Å². The molecule has 0 radical (unpaired) electrons. The lowest BCUT2D eigenvalue weighted by atomic mass is 9.46. The number of nitrogens with two attached hydrogens (primary N) is 1. The molecule has 0 bridgehead atoms. The fourth-order valence-corrected chi connectivity index (χ4v) is 8.05. The van der Waals surface area contributed by atoms with Crippen LogP contribution in [0.3, 0.4) is 0 Å². The minimum Gasteiger partial charge on any atom is -0.508 e. The Bertz CT molecular complexity index is 1890. The Morgan fingerprint density at radius 2 is 1.76 bits per heavy atom. The number of amides is 2. The maximum atomic E-state index is 14.5. The highest BCUT2D eigenvalue weighted by Gasteiger charge is 2.72. The molecular weight excluding hydrogens is 651 g/mol. The molecule has 262 valence electrons. The summed E-state index contributed by atoms with van der Waals surface area (Å²) >= 11 is 0. The quantitative estimate of drug-likeness (QED) is 0.235. The van der Waals surface area contributed by atoms with Crippen molar-refractivity contribution < 1.29 is 57.5 Å². The predicted molar refractivity (Wildman–Crippen MR) is 168 cm³/mol. The Labute approximate surface area is 278 Å². The minimum absolute atomic E-state index is 0.0578. The zero-order valence-electron chi connectivity index (χ0n) is 27.3. The van der Waals surface area contributed by atoms with Gasteiger partial charge >= 0.3 is 12.1 Å². The average Bonchev–Trinajstić information content (AvgIpc) is 2.97. The number of halogens is 3. The number of primary amides is 1. The van der Waals surface area contributed by atoms with E-state index in [2.05, 4.69) is 0 Å². The van der Waals surface area contributed by atoms with Crippen molar-refractivity contribution in [3.63, 3.8) is 0 Å². The van der Waals surface area contributed by atoms with Crippen molar-refractivity contribution in [1.82, 2.24) is 10.2 Å². The number of nitrogens with one attached hydrogen (secondary N) is 1. The summed E-state index contributed by atoms with van der Waals surface area (Å²) in [6, 6.07) is 6.04. The maximum absolute atomic E-state index is 14.5. The van der Waals surface area contributed by atoms with Crippen molar-refractivity contribution in [2.75, 3.05) is 20.7 Å². The number of benzene rings is 2. The summed E-state index contributed by atoms with van der Waals surface area (Å²) in [6.45, 7) is 4.36. The Morgan fingerprint density at radius 3 is 2.33 bits per heavy atom. The van der Waals surface area contributed by atoms with Crippen molar-refractivity contribution in [3.05, 3.63) is 63.9 Å². The lowest BCUT2D eigenvalue weighted by Crippen LogP contribution is -2.72. The Hall–Kier alpha value is -4.89. The first-order valence-corrected chi connectivity index (χ1v) is 15.3. The van der Waals surface area contributed by atoms with E-state index in [1.54, 1.807) is 19.9 Å². The van der Waals surface area contributed by atoms with Gasteiger partial charge in [0.25, 0.3) is 5.91 Å². The van der Waals surface area contributed by atoms with Crippen molar-refractivity contribution in [3.8, 4) is 22.6 Å². The number of aromatic hydroxyl groups is 1. The van der Waals surface area contributed by atoms with Gasteiger partial charge in [-0.3, -0.25) is 24.1 Å². The smallest absolute Gasteiger partial charge is 0.471 e. The zero-order valence-corrected chi connectivity index (χ0v) is 27.3. The second kappa shape index (κ2) is 11.6. The highest BCUT2D eigenvalue weighted by atomic mass is 19.4. The third kappa shape index (κ3) is 5.14. The number of aliphatic hydroxyl groups excluding tert-OH is 2. The zero-order chi connectivity index (χ0) is 36.6. The summed E-state index contributed by atoms with van der Waals surface area (Å²) in [5.41, 5.74) is -0.671. The van der Waals surface area contributed by atoms with E-state index < -0.39 is 81.4 Å². The molecule has 0 heterocycles. The van der Waals surface area contributed by atoms with Crippen LogP contribution in [0.1, 0.15) is 43.9 Å². The van der Waals surface area contributed by atoms with Gasteiger partial charge in [0.05, 0.1) is 18.2 Å². The molecule has 0 aliphatic heterocycles. The fourth-order valence-electron chi connectivity index (χ4n) is 8.05. The van der Waals surface area contributed by atoms with Crippen LogP contribution in [-0.4, -0.2) is 87.2 Å². The highest BCUT2D eigenvalue weighted by molar-refractivity contribution is 6.25. The molecule has 5 rings (SSSR count). The van der Waals surface area contributed by atoms with E-state index in [1.807, 2.05) is 5.32 Å². The predicted octanol–water partition coefficient (Wildman–Crippen LogP) is 2.99. The number of hydrogen-bond donors (Lipinski definition) is 6. The second-order valence-electron chi connectivity index (χ2n) is 13.3. The van der Waals surface area contributed by atoms with Crippen molar-refractivity contribution in [2.24, 2.45) is 16.6 Å². The number of carbonyl (C=O) groups is 4. The highest BCUT2D eigenvalue weighted by Crippen LogP contribution is 2.63. The first-order chi connectivity index (χ1) is 22.7. The molecule has 12 nitrogen and oxygen atoms in total. The lowest BCUT2D eigenvalue weighted by molar-refractivity contribution is -0.176. The molecule has 0 aromatic heterocycles. The maximum Gasteiger partial charge on any atom is 0.471 e. The van der Waals surface area contributed by atoms with Gasteiger partial charge < -0.3 is 36.2 Å². The molecule has 15 heteroatoms. The van der Waals surface area contributed by atoms with E-state index in [9.17, 15) is 52.8 Å². The van der Waals surface area contributed by atoms with Gasteiger partial charge in [-0.05, 0) is 68.8 Å². The number of fused-ring (bicyclic) bond motifs is 3. The Morgan fingerprint density at radius 1 is 1.10 bits per heavy atom. The minimum atomic E-state index is -5.11. The summed E-state index contributed by atoms with van der Waals surface area (Å²) in [7, 11) is 3.00. The third-order valence-electron chi connectivity index (χ3n) is 9.88. The molecule has 0 unspecified atom stereocenters. The third-order valence-corrected chi connectivity index (χ3v) is 9.88. The van der Waals surface area contributed by atoms with Gasteiger partial charge in [-0.1, -0.05) is 26.0 Å². The molecule has 0 saturated heterocycles. The molecular formula is C34H36F3N3O9. The van der Waals surface area contributed by atoms with Crippen molar-refractivity contribution in [2.45, 2.75) is 58.0 Å². The fraction of sp³-hybridized carbons (Fsp3) is 0.412. The monoisotopic (exact) mass is 687 g/mol. The molecule has 1 saturated carbocycles. The van der Waals surface area contributed by atoms with Gasteiger partial charge in [-0.15, -0.1) is 0 Å². The number of ether oxygens (including phenoxy) is 1. The van der Waals surface area contributed by atoms with E-state index in [1.165, 1.54) is 50.2 Å². The van der Waals surface area contributed by atoms with Crippen LogP contribution in [-0.2, 0) is 32.1 Å². The van der Waals surface area contributed by atoms with Crippen molar-refractivity contribution >= 4 is 29.1 Å². The van der Waals surface area contributed by atoms with Crippen LogP contribution >= 0.6 is 0 Å². The molecule has 2 aromatic rings. The summed E-state index contributed by atoms with van der Waals surface area (Å²) in [4.78, 5) is 53.4. The van der Waals surface area contributed by atoms with Crippen LogP contribution in [0.5, 0.6) is 11.5 Å². The van der Waals surface area contributed by atoms with Crippen LogP contribution < -0.4 is 15.8 Å². The molecule has 1 fully saturated rings. The van der Waals surface area contributed by atoms with Crippen LogP contribution in [0, 0.1) is 10.8 Å². The standard InChI is InChI=1S/C34H36F3N3O9/c1-6-49-20-10-7-15(11-16(20)13-39-30(47)34(35,36)37)17-8-9-19(41)21-18(17)12-31(2)14-32(3)26(40(4)5)25(43)22(29(38)46)27(44)33(32,48)28(45)23(31)24(21)42/h7-11,26,41-42,44,48H,6,12-14H2,1-5H3,(H2,38,46)(H,39,47)/t26-,31+,32+,33-/m1/s1. The summed E-state index contributed by atoms with van der Waals surface area (Å²) in [5.74, 6) is -7.74. The first kappa shape index (κ1) is 35.4. The van der Waals surface area contributed by atoms with Gasteiger partial charge in [0, 0.05) is 28.5 Å². The second-order valence-corrected chi connectivity index (χ2v) is 13.3. The van der Waals surface area contributed by atoms with Gasteiger partial charge in [-0.25, -0.2) is 0 Å². The van der Waals surface area contributed by atoms with Gasteiger partial charge in [-0.2, -0.15) is 13.2 Å². The number of nitrogens with zero attached hydrogens (tertiary/aromatic N) is 1. The summed E-state index contributed by atoms with van der Waals surface area (Å²) in [5, 5.41) is 48.0. The Kier molecular flexibility index (Phi) is 8.40. The van der Waals surface area contributed by atoms with Crippen LogP contribution in [0.2, 0.25) is 0 Å². The molecule has 7 N–H and O–H groups in total. The number of Topliss-reactive ketones (excluding diaryl/α,β-unsaturated/α-hetero) is 2. The van der Waals surface area contributed by atoms with E-state index in [0.29, 0.717) is 16.7 Å². The van der Waals surface area contributed by atoms with E-state index in [4.69, 9.17) is 10.5 Å². The molecule has 3 aliphatic carbocycles. The number of likely N-dealkylation sites (N-methyl/N-ethyl adjacent to an activating group) is 1. The molecule has 0 spiro atoms. The normalized spacial score (nSPS) is 26.7. The summed E-state index contributed by atoms with van der Waals surface area (Å²) < 4.78 is 44.4. The van der Waals surface area contributed by atoms with E-state index in [0.717, 1.165) is 0 Å².